The van der Waals surface area contributed by atoms with Gasteiger partial charge in [0.2, 0.25) is 0 Å². The van der Waals surface area contributed by atoms with Crippen LogP contribution in [0.4, 0.5) is 10.1 Å². The zero-order valence-corrected chi connectivity index (χ0v) is 16.9. The van der Waals surface area contributed by atoms with Crippen LogP contribution in [0.15, 0.2) is 79.4 Å². The highest BCUT2D eigenvalue weighted by atomic mass is 35.5. The monoisotopic (exact) mass is 427 g/mol. The number of aromatic nitrogens is 4. The first-order valence-electron chi connectivity index (χ1n) is 9.47. The molecule has 0 fully saturated rings. The maximum absolute atomic E-state index is 14.6. The van der Waals surface area contributed by atoms with E-state index in [2.05, 4.69) is 19.9 Å². The predicted molar refractivity (Wildman–Crippen MR) is 121 cm³/mol. The Balaban J connectivity index is 1.75. The van der Waals surface area contributed by atoms with Crippen LogP contribution in [0.1, 0.15) is 0 Å². The number of anilines is 1. The molecule has 0 radical (unpaired) electrons. The van der Waals surface area contributed by atoms with Crippen LogP contribution in [0.25, 0.3) is 44.7 Å². The fourth-order valence-electron chi connectivity index (χ4n) is 3.50. The molecule has 5 nitrogen and oxygen atoms in total. The number of halogens is 2. The maximum Gasteiger partial charge on any atom is 0.160 e. The summed E-state index contributed by atoms with van der Waals surface area (Å²) >= 11 is 6.11. The highest BCUT2D eigenvalue weighted by molar-refractivity contribution is 6.30. The summed E-state index contributed by atoms with van der Waals surface area (Å²) < 4.78 is 14.6. The lowest BCUT2D eigenvalue weighted by Gasteiger charge is -2.12. The van der Waals surface area contributed by atoms with Crippen molar-refractivity contribution in [3.8, 4) is 33.6 Å². The predicted octanol–water partition coefficient (Wildman–Crippen LogP) is 5.80. The minimum absolute atomic E-state index is 0.305. The van der Waals surface area contributed by atoms with E-state index < -0.39 is 5.82 Å². The van der Waals surface area contributed by atoms with E-state index in [0.717, 1.165) is 22.1 Å². The van der Waals surface area contributed by atoms with Crippen molar-refractivity contribution >= 4 is 28.3 Å². The zero-order valence-electron chi connectivity index (χ0n) is 16.1. The molecule has 150 valence electrons. The van der Waals surface area contributed by atoms with Crippen LogP contribution in [0.2, 0.25) is 5.02 Å². The van der Waals surface area contributed by atoms with Gasteiger partial charge in [-0.05, 0) is 60.2 Å². The first-order chi connectivity index (χ1) is 15.1. The zero-order chi connectivity index (χ0) is 21.4. The van der Waals surface area contributed by atoms with Gasteiger partial charge in [-0.3, -0.25) is 9.97 Å². The molecule has 0 saturated heterocycles. The first kappa shape index (κ1) is 19.1. The van der Waals surface area contributed by atoms with Gasteiger partial charge in [0.1, 0.15) is 5.82 Å². The van der Waals surface area contributed by atoms with Gasteiger partial charge < -0.3 is 5.73 Å². The fourth-order valence-corrected chi connectivity index (χ4v) is 3.68. The fraction of sp³-hybridized carbons (Fsp3) is 0. The summed E-state index contributed by atoms with van der Waals surface area (Å²) in [6, 6.07) is 15.5. The molecular weight excluding hydrogens is 413 g/mol. The first-order valence-corrected chi connectivity index (χ1v) is 9.85. The number of nitrogens with zero attached hydrogens (tertiary/aromatic N) is 4. The summed E-state index contributed by atoms with van der Waals surface area (Å²) in [6.45, 7) is 0. The lowest BCUT2D eigenvalue weighted by Crippen LogP contribution is -1.96. The van der Waals surface area contributed by atoms with Gasteiger partial charge in [-0.25, -0.2) is 14.4 Å². The van der Waals surface area contributed by atoms with Crippen LogP contribution < -0.4 is 5.73 Å². The number of rotatable bonds is 3. The number of hydrogen-bond acceptors (Lipinski definition) is 5. The van der Waals surface area contributed by atoms with Crippen molar-refractivity contribution in [1.82, 2.24) is 19.9 Å². The molecule has 0 aliphatic carbocycles. The number of pyridine rings is 4. The molecule has 5 rings (SSSR count). The van der Waals surface area contributed by atoms with Crippen molar-refractivity contribution in [3.63, 3.8) is 0 Å². The third-order valence-electron chi connectivity index (χ3n) is 4.95. The summed E-state index contributed by atoms with van der Waals surface area (Å²) in [5.74, 6) is -0.411. The highest BCUT2D eigenvalue weighted by Crippen LogP contribution is 2.34. The molecule has 0 atom stereocenters. The van der Waals surface area contributed by atoms with Gasteiger partial charge in [-0.15, -0.1) is 0 Å². The van der Waals surface area contributed by atoms with Crippen molar-refractivity contribution in [2.75, 3.05) is 5.73 Å². The van der Waals surface area contributed by atoms with Gasteiger partial charge >= 0.3 is 0 Å². The quantitative estimate of drug-likeness (QED) is 0.394. The van der Waals surface area contributed by atoms with Gasteiger partial charge in [-0.1, -0.05) is 11.6 Å². The molecule has 0 spiro atoms. The van der Waals surface area contributed by atoms with E-state index in [-0.39, 0.29) is 0 Å². The van der Waals surface area contributed by atoms with Crippen LogP contribution in [0.5, 0.6) is 0 Å². The van der Waals surface area contributed by atoms with Crippen LogP contribution in [-0.4, -0.2) is 19.9 Å². The molecule has 4 heterocycles. The summed E-state index contributed by atoms with van der Waals surface area (Å²) in [5.41, 5.74) is 10.9. The third kappa shape index (κ3) is 3.58. The molecule has 0 unspecified atom stereocenters. The smallest absolute Gasteiger partial charge is 0.160 e. The minimum atomic E-state index is -0.411. The van der Waals surface area contributed by atoms with E-state index in [1.165, 1.54) is 12.1 Å². The second kappa shape index (κ2) is 7.74. The maximum atomic E-state index is 14.6. The van der Waals surface area contributed by atoms with E-state index in [1.807, 2.05) is 24.3 Å². The number of fused-ring (bicyclic) bond motifs is 1. The molecule has 0 saturated carbocycles. The SMILES string of the molecule is Nc1cccnc1-c1cncc(-c2cc(-c3cc(Cl)ccc3F)nc3ncccc23)c1. The largest absolute Gasteiger partial charge is 0.397 e. The van der Waals surface area contributed by atoms with E-state index >= 15 is 0 Å². The highest BCUT2D eigenvalue weighted by Gasteiger charge is 2.15. The van der Waals surface area contributed by atoms with E-state index in [4.69, 9.17) is 17.3 Å². The van der Waals surface area contributed by atoms with Gasteiger partial charge in [-0.2, -0.15) is 0 Å². The second-order valence-electron chi connectivity index (χ2n) is 6.96. The molecule has 7 heteroatoms. The van der Waals surface area contributed by atoms with E-state index in [0.29, 0.717) is 33.3 Å². The lowest BCUT2D eigenvalue weighted by molar-refractivity contribution is 0.631. The van der Waals surface area contributed by atoms with Crippen LogP contribution in [0.3, 0.4) is 0 Å². The molecule has 4 aromatic heterocycles. The van der Waals surface area contributed by atoms with Crippen molar-refractivity contribution in [3.05, 3.63) is 90.2 Å². The molecule has 5 aromatic rings. The summed E-state index contributed by atoms with van der Waals surface area (Å²) in [6.07, 6.45) is 6.79. The Morgan fingerprint density at radius 3 is 2.52 bits per heavy atom. The van der Waals surface area contributed by atoms with Gasteiger partial charge in [0, 0.05) is 51.9 Å². The van der Waals surface area contributed by atoms with E-state index in [1.54, 1.807) is 43.0 Å². The molecule has 0 aliphatic rings. The molecule has 1 aromatic carbocycles. The Morgan fingerprint density at radius 2 is 1.65 bits per heavy atom. The molecule has 0 bridgehead atoms. The molecule has 0 aliphatic heterocycles. The minimum Gasteiger partial charge on any atom is -0.397 e. The summed E-state index contributed by atoms with van der Waals surface area (Å²) in [7, 11) is 0. The molecule has 2 N–H and O–H groups in total. The van der Waals surface area contributed by atoms with Gasteiger partial charge in [0.25, 0.3) is 0 Å². The summed E-state index contributed by atoms with van der Waals surface area (Å²) in [5, 5.41) is 1.25. The molecular formula is C24H15ClFN5. The van der Waals surface area contributed by atoms with Crippen LogP contribution in [0, 0.1) is 5.82 Å². The van der Waals surface area contributed by atoms with Gasteiger partial charge in [0.05, 0.1) is 17.1 Å². The molecule has 0 amide bonds. The second-order valence-corrected chi connectivity index (χ2v) is 7.39. The lowest BCUT2D eigenvalue weighted by atomic mass is 9.99. The Labute approximate surface area is 182 Å². The van der Waals surface area contributed by atoms with E-state index in [9.17, 15) is 4.39 Å². The van der Waals surface area contributed by atoms with Crippen molar-refractivity contribution in [2.45, 2.75) is 0 Å². The van der Waals surface area contributed by atoms with Crippen molar-refractivity contribution in [2.24, 2.45) is 0 Å². The number of nitrogens with two attached hydrogens (primary N) is 1. The average Bonchev–Trinajstić information content (AvgIpc) is 2.80. The topological polar surface area (TPSA) is 77.6 Å². The standard InChI is InChI=1S/C24H15ClFN5/c25-16-5-6-20(26)19(10-16)22-11-18(17-3-1-8-30-24(17)31-22)14-9-15(13-28-12-14)23-21(27)4-2-7-29-23/h1-13H,27H2. The Kier molecular flexibility index (Phi) is 4.76. The number of nitrogen functional groups attached to an aromatic ring is 1. The summed E-state index contributed by atoms with van der Waals surface area (Å²) in [4.78, 5) is 17.7. The normalized spacial score (nSPS) is 11.0. The Morgan fingerprint density at radius 1 is 0.839 bits per heavy atom. The van der Waals surface area contributed by atoms with Gasteiger partial charge in [0.15, 0.2) is 5.65 Å². The Bertz CT molecular complexity index is 1440. The van der Waals surface area contributed by atoms with Crippen molar-refractivity contribution < 1.29 is 4.39 Å². The number of benzene rings is 1. The average molecular weight is 428 g/mol. The third-order valence-corrected chi connectivity index (χ3v) is 5.19. The van der Waals surface area contributed by atoms with Crippen LogP contribution in [-0.2, 0) is 0 Å². The van der Waals surface area contributed by atoms with Crippen LogP contribution >= 0.6 is 11.6 Å². The Hall–Kier alpha value is -3.90. The molecule has 31 heavy (non-hydrogen) atoms. The number of hydrogen-bond donors (Lipinski definition) is 1. The van der Waals surface area contributed by atoms with Crippen molar-refractivity contribution in [1.29, 1.82) is 0 Å².